The molecule has 0 saturated carbocycles. The Morgan fingerprint density at radius 1 is 1.15 bits per heavy atom. The van der Waals surface area contributed by atoms with Crippen LogP contribution in [0.2, 0.25) is 0 Å². The minimum atomic E-state index is -0.471. The van der Waals surface area contributed by atoms with Crippen LogP contribution in [0.4, 0.5) is 0 Å². The molecule has 2 aliphatic heterocycles. The Bertz CT molecular complexity index is 460. The standard InChI is InChI=1S/C16H21N3O/c1-18-12-7-16(8-13-18,14-6-2-3-9-17-14)15(20)19-10-4-5-11-19/h1-3,6,9H,4-5,7-8,10-13H2. The molecule has 106 valence electrons. The van der Waals surface area contributed by atoms with E-state index >= 15 is 0 Å². The van der Waals surface area contributed by atoms with Crippen LogP contribution in [0.25, 0.3) is 0 Å². The number of piperidine rings is 1. The van der Waals surface area contributed by atoms with Gasteiger partial charge in [0.1, 0.15) is 0 Å². The van der Waals surface area contributed by atoms with E-state index in [9.17, 15) is 4.79 Å². The minimum Gasteiger partial charge on any atom is -0.342 e. The molecule has 3 rings (SSSR count). The molecule has 2 radical (unpaired) electrons. The number of carbonyl (C=O) groups excluding carboxylic acids is 1. The molecule has 4 heteroatoms. The van der Waals surface area contributed by atoms with Gasteiger partial charge in [0.25, 0.3) is 0 Å². The van der Waals surface area contributed by atoms with Gasteiger partial charge in [0.15, 0.2) is 0 Å². The van der Waals surface area contributed by atoms with E-state index in [-0.39, 0.29) is 5.91 Å². The maximum atomic E-state index is 13.1. The fourth-order valence-corrected chi connectivity index (χ4v) is 3.35. The highest BCUT2D eigenvalue weighted by molar-refractivity contribution is 5.88. The number of amides is 1. The molecule has 0 N–H and O–H groups in total. The lowest BCUT2D eigenvalue weighted by Gasteiger charge is -2.40. The summed E-state index contributed by atoms with van der Waals surface area (Å²) in [6.07, 6.45) is 5.54. The first-order valence-corrected chi connectivity index (χ1v) is 7.43. The Hall–Kier alpha value is -1.42. The summed E-state index contributed by atoms with van der Waals surface area (Å²) in [5.74, 6) is 0.252. The second-order valence-electron chi connectivity index (χ2n) is 5.83. The van der Waals surface area contributed by atoms with Crippen LogP contribution in [0.3, 0.4) is 0 Å². The van der Waals surface area contributed by atoms with Gasteiger partial charge in [0, 0.05) is 26.3 Å². The second-order valence-corrected chi connectivity index (χ2v) is 5.83. The maximum Gasteiger partial charge on any atom is 0.234 e. The van der Waals surface area contributed by atoms with E-state index in [2.05, 4.69) is 4.98 Å². The fraction of sp³-hybridized carbons (Fsp3) is 0.562. The highest BCUT2D eigenvalue weighted by Gasteiger charge is 2.46. The number of hydrogen-bond donors (Lipinski definition) is 0. The zero-order chi connectivity index (χ0) is 14.0. The Balaban J connectivity index is 1.93. The summed E-state index contributed by atoms with van der Waals surface area (Å²) in [7, 11) is 5.88. The fourth-order valence-electron chi connectivity index (χ4n) is 3.35. The van der Waals surface area contributed by atoms with E-state index < -0.39 is 5.41 Å². The summed E-state index contributed by atoms with van der Waals surface area (Å²) in [5.41, 5.74) is 0.437. The SMILES string of the molecule is [CH]N1CCC(C(=O)N2CCCC2)(c2ccccn2)CC1. The van der Waals surface area contributed by atoms with E-state index in [1.807, 2.05) is 23.1 Å². The molecule has 0 bridgehead atoms. The smallest absolute Gasteiger partial charge is 0.234 e. The number of rotatable bonds is 2. The van der Waals surface area contributed by atoms with Gasteiger partial charge in [-0.1, -0.05) is 6.07 Å². The number of nitrogens with zero attached hydrogens (tertiary/aromatic N) is 3. The van der Waals surface area contributed by atoms with Gasteiger partial charge in [-0.2, -0.15) is 0 Å². The largest absolute Gasteiger partial charge is 0.342 e. The highest BCUT2D eigenvalue weighted by Crippen LogP contribution is 2.37. The van der Waals surface area contributed by atoms with Crippen LogP contribution < -0.4 is 0 Å². The molecule has 2 saturated heterocycles. The quantitative estimate of drug-likeness (QED) is 0.821. The molecule has 1 aromatic rings. The molecule has 0 aliphatic carbocycles. The molecule has 0 unspecified atom stereocenters. The molecule has 2 aliphatic rings. The minimum absolute atomic E-state index is 0.252. The van der Waals surface area contributed by atoms with Crippen LogP contribution in [0.1, 0.15) is 31.4 Å². The van der Waals surface area contributed by atoms with Crippen LogP contribution in [0, 0.1) is 7.05 Å². The van der Waals surface area contributed by atoms with Gasteiger partial charge in [-0.15, -0.1) is 0 Å². The second kappa shape index (κ2) is 5.52. The van der Waals surface area contributed by atoms with Gasteiger partial charge in [-0.25, -0.2) is 0 Å². The Morgan fingerprint density at radius 2 is 1.85 bits per heavy atom. The lowest BCUT2D eigenvalue weighted by atomic mass is 9.74. The van der Waals surface area contributed by atoms with Gasteiger partial charge in [0.2, 0.25) is 5.91 Å². The average molecular weight is 271 g/mol. The molecule has 1 aromatic heterocycles. The predicted molar refractivity (Wildman–Crippen MR) is 76.8 cm³/mol. The first-order chi connectivity index (χ1) is 9.72. The molecule has 0 aromatic carbocycles. The van der Waals surface area contributed by atoms with Crippen molar-refractivity contribution in [2.24, 2.45) is 0 Å². The monoisotopic (exact) mass is 271 g/mol. The van der Waals surface area contributed by atoms with Crippen LogP contribution >= 0.6 is 0 Å². The third-order valence-corrected chi connectivity index (χ3v) is 4.61. The lowest BCUT2D eigenvalue weighted by Crippen LogP contribution is -2.51. The molecular weight excluding hydrogens is 250 g/mol. The van der Waals surface area contributed by atoms with Crippen molar-refractivity contribution < 1.29 is 4.79 Å². The number of likely N-dealkylation sites (tertiary alicyclic amines) is 2. The van der Waals surface area contributed by atoms with Crippen molar-refractivity contribution in [3.63, 3.8) is 0 Å². The Kier molecular flexibility index (Phi) is 3.74. The first kappa shape index (κ1) is 13.6. The van der Waals surface area contributed by atoms with E-state index in [0.717, 1.165) is 57.6 Å². The topological polar surface area (TPSA) is 36.4 Å². The number of hydrogen-bond acceptors (Lipinski definition) is 3. The van der Waals surface area contributed by atoms with Crippen LogP contribution in [-0.4, -0.2) is 46.9 Å². The summed E-state index contributed by atoms with van der Waals surface area (Å²) in [6, 6.07) is 5.85. The number of pyridine rings is 1. The van der Waals surface area contributed by atoms with Gasteiger partial charge in [-0.05, 0) is 50.9 Å². The number of aromatic nitrogens is 1. The molecular formula is C16H21N3O. The molecule has 0 atom stereocenters. The first-order valence-electron chi connectivity index (χ1n) is 7.43. The number of carbonyl (C=O) groups is 1. The van der Waals surface area contributed by atoms with Gasteiger partial charge < -0.3 is 4.90 Å². The summed E-state index contributed by atoms with van der Waals surface area (Å²) >= 11 is 0. The normalized spacial score (nSPS) is 22.9. The summed E-state index contributed by atoms with van der Waals surface area (Å²) < 4.78 is 0. The summed E-state index contributed by atoms with van der Waals surface area (Å²) in [4.78, 5) is 21.4. The maximum absolute atomic E-state index is 13.1. The van der Waals surface area contributed by atoms with E-state index in [1.54, 1.807) is 11.1 Å². The Labute approximate surface area is 120 Å². The summed E-state index contributed by atoms with van der Waals surface area (Å²) in [6.45, 7) is 3.27. The lowest BCUT2D eigenvalue weighted by molar-refractivity contribution is -0.138. The van der Waals surface area contributed by atoms with Gasteiger partial charge in [0.05, 0.1) is 11.1 Å². The van der Waals surface area contributed by atoms with Crippen LogP contribution in [-0.2, 0) is 10.2 Å². The molecule has 4 nitrogen and oxygen atoms in total. The van der Waals surface area contributed by atoms with Gasteiger partial charge in [-0.3, -0.25) is 14.7 Å². The van der Waals surface area contributed by atoms with E-state index in [1.165, 1.54) is 0 Å². The summed E-state index contributed by atoms with van der Waals surface area (Å²) in [5, 5.41) is 0. The van der Waals surface area contributed by atoms with Gasteiger partial charge >= 0.3 is 0 Å². The van der Waals surface area contributed by atoms with Crippen molar-refractivity contribution in [3.05, 3.63) is 37.1 Å². The van der Waals surface area contributed by atoms with Crippen molar-refractivity contribution in [2.75, 3.05) is 26.2 Å². The zero-order valence-electron chi connectivity index (χ0n) is 11.8. The molecule has 2 fully saturated rings. The van der Waals surface area contributed by atoms with Crippen molar-refractivity contribution in [3.8, 4) is 0 Å². The van der Waals surface area contributed by atoms with Crippen LogP contribution in [0.5, 0.6) is 0 Å². The average Bonchev–Trinajstić information content (AvgIpc) is 3.03. The molecule has 20 heavy (non-hydrogen) atoms. The van der Waals surface area contributed by atoms with Crippen molar-refractivity contribution in [1.82, 2.24) is 14.8 Å². The molecule has 0 spiro atoms. The van der Waals surface area contributed by atoms with E-state index in [4.69, 9.17) is 7.05 Å². The third-order valence-electron chi connectivity index (χ3n) is 4.61. The van der Waals surface area contributed by atoms with E-state index in [0.29, 0.717) is 0 Å². The van der Waals surface area contributed by atoms with Crippen LogP contribution in [0.15, 0.2) is 24.4 Å². The molecule has 3 heterocycles. The Morgan fingerprint density at radius 3 is 2.45 bits per heavy atom. The third kappa shape index (κ3) is 2.33. The van der Waals surface area contributed by atoms with Crippen molar-refractivity contribution in [1.29, 1.82) is 0 Å². The molecule has 1 amide bonds. The zero-order valence-corrected chi connectivity index (χ0v) is 11.8. The predicted octanol–water partition coefficient (Wildman–Crippen LogP) is 1.71. The highest BCUT2D eigenvalue weighted by atomic mass is 16.2. The van der Waals surface area contributed by atoms with Crippen molar-refractivity contribution in [2.45, 2.75) is 31.1 Å². The van der Waals surface area contributed by atoms with Crippen molar-refractivity contribution >= 4 is 5.91 Å².